The summed E-state index contributed by atoms with van der Waals surface area (Å²) in [6.45, 7) is 2.63. The summed E-state index contributed by atoms with van der Waals surface area (Å²) in [5.74, 6) is -3.35. The van der Waals surface area contributed by atoms with Gasteiger partial charge in [-0.05, 0) is 19.3 Å². The molecule has 0 heterocycles. The first-order valence-electron chi connectivity index (χ1n) is 11.2. The number of unbranched alkanes of at least 4 members (excludes halogenated alkanes) is 10. The normalized spacial score (nSPS) is 12.9. The number of hydrogen-bond acceptors (Lipinski definition) is 7. The Balaban J connectivity index is 4.09. The molecule has 0 saturated heterocycles. The van der Waals surface area contributed by atoms with Gasteiger partial charge in [0.2, 0.25) is 0 Å². The van der Waals surface area contributed by atoms with Crippen molar-refractivity contribution in [2.45, 2.75) is 102 Å². The third-order valence-corrected chi connectivity index (χ3v) is 4.85. The van der Waals surface area contributed by atoms with Gasteiger partial charge < -0.3 is 24.8 Å². The molecule has 0 aromatic carbocycles. The Kier molecular flexibility index (Phi) is 17.1. The Bertz CT molecular complexity index is 480. The van der Waals surface area contributed by atoms with Gasteiger partial charge in [-0.3, -0.25) is 9.59 Å². The lowest BCUT2D eigenvalue weighted by molar-refractivity contribution is -0.173. The van der Waals surface area contributed by atoms with E-state index in [1.165, 1.54) is 6.42 Å². The maximum absolute atomic E-state index is 11.9. The summed E-state index contributed by atoms with van der Waals surface area (Å²) in [6.07, 6.45) is 9.70. The van der Waals surface area contributed by atoms with Crippen LogP contribution < -0.4 is 0 Å². The van der Waals surface area contributed by atoms with Crippen LogP contribution in [0.5, 0.6) is 0 Å². The van der Waals surface area contributed by atoms with Crippen LogP contribution >= 0.6 is 0 Å². The van der Waals surface area contributed by atoms with E-state index in [1.54, 1.807) is 0 Å². The molecule has 0 aliphatic heterocycles. The van der Waals surface area contributed by atoms with Crippen LogP contribution in [0.2, 0.25) is 0 Å². The van der Waals surface area contributed by atoms with Gasteiger partial charge in [-0.25, -0.2) is 4.79 Å². The molecule has 0 aromatic rings. The van der Waals surface area contributed by atoms with Crippen molar-refractivity contribution in [3.63, 3.8) is 0 Å². The van der Waals surface area contributed by atoms with E-state index in [9.17, 15) is 24.6 Å². The molecule has 8 nitrogen and oxygen atoms in total. The van der Waals surface area contributed by atoms with E-state index in [2.05, 4.69) is 6.92 Å². The van der Waals surface area contributed by atoms with Crippen molar-refractivity contribution in [3.05, 3.63) is 0 Å². The molecule has 1 unspecified atom stereocenters. The van der Waals surface area contributed by atoms with Gasteiger partial charge in [0, 0.05) is 6.61 Å². The second-order valence-electron chi connectivity index (χ2n) is 7.74. The van der Waals surface area contributed by atoms with Gasteiger partial charge in [-0.2, -0.15) is 0 Å². The number of carboxylic acids is 1. The van der Waals surface area contributed by atoms with Gasteiger partial charge in [0.1, 0.15) is 0 Å². The van der Waals surface area contributed by atoms with Crippen LogP contribution in [0.25, 0.3) is 0 Å². The van der Waals surface area contributed by atoms with Gasteiger partial charge in [0.05, 0.1) is 26.1 Å². The van der Waals surface area contributed by atoms with Crippen molar-refractivity contribution in [2.75, 3.05) is 19.8 Å². The van der Waals surface area contributed by atoms with Crippen LogP contribution in [0.15, 0.2) is 0 Å². The second kappa shape index (κ2) is 18.1. The monoisotopic (exact) mass is 432 g/mol. The van der Waals surface area contributed by atoms with Crippen LogP contribution in [-0.2, 0) is 23.9 Å². The predicted molar refractivity (Wildman–Crippen MR) is 112 cm³/mol. The van der Waals surface area contributed by atoms with Crippen molar-refractivity contribution < 1.29 is 39.2 Å². The SMILES string of the molecule is CCCCCCCCOC(=O)CC(O)(CC(=O)OCCCCCCCCO)C(=O)O. The zero-order valence-electron chi connectivity index (χ0n) is 18.4. The number of carboxylic acid groups (broad SMARTS) is 1. The summed E-state index contributed by atoms with van der Waals surface area (Å²) in [5, 5.41) is 28.2. The number of rotatable bonds is 20. The molecule has 30 heavy (non-hydrogen) atoms. The molecule has 0 radical (unpaired) electrons. The molecule has 176 valence electrons. The molecule has 0 amide bonds. The van der Waals surface area contributed by atoms with Crippen molar-refractivity contribution in [1.29, 1.82) is 0 Å². The lowest BCUT2D eigenvalue weighted by atomic mass is 9.96. The van der Waals surface area contributed by atoms with Crippen LogP contribution in [0.1, 0.15) is 96.8 Å². The van der Waals surface area contributed by atoms with Crippen LogP contribution in [0.4, 0.5) is 0 Å². The Hall–Kier alpha value is -1.67. The first kappa shape index (κ1) is 28.3. The highest BCUT2D eigenvalue weighted by Crippen LogP contribution is 2.18. The minimum atomic E-state index is -2.53. The second-order valence-corrected chi connectivity index (χ2v) is 7.74. The fraction of sp³-hybridized carbons (Fsp3) is 0.864. The average molecular weight is 433 g/mol. The summed E-state index contributed by atoms with van der Waals surface area (Å²) >= 11 is 0. The number of ether oxygens (including phenoxy) is 2. The maximum Gasteiger partial charge on any atom is 0.336 e. The van der Waals surface area contributed by atoms with Gasteiger partial charge in [0.15, 0.2) is 5.60 Å². The predicted octanol–water partition coefficient (Wildman–Crippen LogP) is 3.36. The highest BCUT2D eigenvalue weighted by Gasteiger charge is 2.42. The minimum Gasteiger partial charge on any atom is -0.479 e. The number of aliphatic hydroxyl groups is 2. The largest absolute Gasteiger partial charge is 0.479 e. The van der Waals surface area contributed by atoms with Gasteiger partial charge >= 0.3 is 17.9 Å². The summed E-state index contributed by atoms with van der Waals surface area (Å²) in [6, 6.07) is 0. The molecule has 3 N–H and O–H groups in total. The first-order valence-corrected chi connectivity index (χ1v) is 11.2. The fourth-order valence-electron chi connectivity index (χ4n) is 2.97. The van der Waals surface area contributed by atoms with Crippen LogP contribution in [0, 0.1) is 0 Å². The molecule has 0 aliphatic rings. The summed E-state index contributed by atoms with van der Waals surface area (Å²) in [5.41, 5.74) is -2.53. The quantitative estimate of drug-likeness (QED) is 0.197. The molecule has 0 fully saturated rings. The third-order valence-electron chi connectivity index (χ3n) is 4.85. The number of carbonyl (C=O) groups is 3. The fourth-order valence-corrected chi connectivity index (χ4v) is 2.97. The number of hydrogen-bond donors (Lipinski definition) is 3. The van der Waals surface area contributed by atoms with E-state index < -0.39 is 36.4 Å². The summed E-state index contributed by atoms with van der Waals surface area (Å²) < 4.78 is 9.99. The maximum atomic E-state index is 11.9. The molecule has 0 aromatic heterocycles. The third kappa shape index (κ3) is 15.2. The van der Waals surface area contributed by atoms with Gasteiger partial charge in [-0.1, -0.05) is 64.7 Å². The number of aliphatic carboxylic acids is 1. The van der Waals surface area contributed by atoms with E-state index in [1.807, 2.05) is 0 Å². The highest BCUT2D eigenvalue weighted by atomic mass is 16.5. The van der Waals surface area contributed by atoms with Gasteiger partial charge in [-0.15, -0.1) is 0 Å². The van der Waals surface area contributed by atoms with E-state index in [0.717, 1.165) is 57.8 Å². The molecular weight excluding hydrogens is 392 g/mol. The van der Waals surface area contributed by atoms with Crippen LogP contribution in [-0.4, -0.2) is 58.6 Å². The minimum absolute atomic E-state index is 0.136. The average Bonchev–Trinajstić information content (AvgIpc) is 2.69. The number of carbonyl (C=O) groups excluding carboxylic acids is 2. The molecule has 0 saturated carbocycles. The Labute approximate surface area is 179 Å². The molecule has 8 heteroatoms. The topological polar surface area (TPSA) is 130 Å². The van der Waals surface area contributed by atoms with Crippen molar-refractivity contribution in [1.82, 2.24) is 0 Å². The van der Waals surface area contributed by atoms with Crippen molar-refractivity contribution in [2.24, 2.45) is 0 Å². The summed E-state index contributed by atoms with van der Waals surface area (Å²) in [4.78, 5) is 35.1. The Morgan fingerprint density at radius 2 is 1.10 bits per heavy atom. The molecule has 0 aliphatic carbocycles. The first-order chi connectivity index (χ1) is 14.4. The highest BCUT2D eigenvalue weighted by molar-refractivity contribution is 5.88. The van der Waals surface area contributed by atoms with Crippen LogP contribution in [0.3, 0.4) is 0 Å². The van der Waals surface area contributed by atoms with E-state index in [0.29, 0.717) is 12.8 Å². The molecule has 0 bridgehead atoms. The molecule has 0 spiro atoms. The van der Waals surface area contributed by atoms with Crippen molar-refractivity contribution >= 4 is 17.9 Å². The lowest BCUT2D eigenvalue weighted by Crippen LogP contribution is -2.43. The summed E-state index contributed by atoms with van der Waals surface area (Å²) in [7, 11) is 0. The Morgan fingerprint density at radius 1 is 0.700 bits per heavy atom. The lowest BCUT2D eigenvalue weighted by Gasteiger charge is -2.21. The standard InChI is InChI=1S/C22H40O8/c1-2-3-4-5-9-12-15-29-19(24)17-22(28,21(26)27)18-20(25)30-16-13-10-7-6-8-11-14-23/h23,28H,2-18H2,1H3,(H,26,27). The molecule has 1 atom stereocenters. The van der Waals surface area contributed by atoms with E-state index in [-0.39, 0.29) is 19.8 Å². The van der Waals surface area contributed by atoms with Gasteiger partial charge in [0.25, 0.3) is 0 Å². The molecule has 0 rings (SSSR count). The molecular formula is C22H40O8. The van der Waals surface area contributed by atoms with Crippen molar-refractivity contribution in [3.8, 4) is 0 Å². The van der Waals surface area contributed by atoms with E-state index in [4.69, 9.17) is 14.6 Å². The smallest absolute Gasteiger partial charge is 0.336 e. The zero-order valence-corrected chi connectivity index (χ0v) is 18.4. The number of esters is 2. The Morgan fingerprint density at radius 3 is 1.50 bits per heavy atom. The van der Waals surface area contributed by atoms with E-state index >= 15 is 0 Å². The zero-order chi connectivity index (χ0) is 22.7. The number of aliphatic hydroxyl groups excluding tert-OH is 1.